The molecule has 4 N–H and O–H groups in total. The van der Waals surface area contributed by atoms with E-state index in [9.17, 15) is 24.0 Å². The summed E-state index contributed by atoms with van der Waals surface area (Å²) in [7, 11) is 3.15. The summed E-state index contributed by atoms with van der Waals surface area (Å²) in [4.78, 5) is 85.3. The maximum Gasteiger partial charge on any atom is 0.293 e. The Bertz CT molecular complexity index is 2190. The van der Waals surface area contributed by atoms with E-state index in [0.717, 1.165) is 64.0 Å². The van der Waals surface area contributed by atoms with Gasteiger partial charge in [0.15, 0.2) is 18.2 Å². The Hall–Kier alpha value is -5.88. The number of piperidine rings is 2. The first-order chi connectivity index (χ1) is 27.0. The van der Waals surface area contributed by atoms with Crippen molar-refractivity contribution < 1.29 is 23.9 Å². The number of benzene rings is 1. The molecular formula is C37H43ClN12O6. The zero-order valence-electron chi connectivity index (χ0n) is 31.1. The summed E-state index contributed by atoms with van der Waals surface area (Å²) in [5, 5.41) is 11.7. The standard InChI is InChI=1S/C37H43ClN12O6/c1-39-32(52)21-56-29-16-23-15-24(3-5-28(23)47(2)36(29)55)43-33-25(38)17-42-37(46-33)50-13-11-48(12-14-50)20-22-7-9-49(10-8-22)30-19-40-27(18-41-30)35(54)44-26-4-6-31(51)45-34(26)53/h3,5,15-19,22,26H,4,6-14,20-21H2,1-2H3,(H,39,52)(H,44,54)(H,42,43,46)(H,45,51,53). The number of ether oxygens (including phenoxy) is 1. The molecule has 3 aromatic heterocycles. The molecule has 0 aliphatic carbocycles. The van der Waals surface area contributed by atoms with Crippen molar-refractivity contribution in [3.63, 3.8) is 0 Å². The lowest BCUT2D eigenvalue weighted by atomic mass is 9.96. The SMILES string of the molecule is CNC(=O)COc1cc2cc(Nc3nc(N4CCN(CC5CCN(c6cnc(C(=O)NC7CCC(=O)NC7=O)cn6)CC5)CC4)ncc3Cl)ccc2n(C)c1=O. The molecule has 3 aliphatic rings. The minimum atomic E-state index is -0.769. The normalized spacial score (nSPS) is 18.1. The molecule has 0 radical (unpaired) electrons. The van der Waals surface area contributed by atoms with E-state index in [1.165, 1.54) is 17.8 Å². The van der Waals surface area contributed by atoms with Crippen LogP contribution in [0.2, 0.25) is 5.02 Å². The fraction of sp³-hybridized carbons (Fsp3) is 0.432. The van der Waals surface area contributed by atoms with Gasteiger partial charge in [-0.25, -0.2) is 15.0 Å². The second-order valence-corrected chi connectivity index (χ2v) is 14.5. The Labute approximate surface area is 327 Å². The average Bonchev–Trinajstić information content (AvgIpc) is 3.21. The van der Waals surface area contributed by atoms with Gasteiger partial charge in [-0.2, -0.15) is 4.98 Å². The van der Waals surface area contributed by atoms with Crippen LogP contribution in [0.15, 0.2) is 47.7 Å². The molecule has 1 unspecified atom stereocenters. The Kier molecular flexibility index (Phi) is 11.6. The number of pyridine rings is 1. The van der Waals surface area contributed by atoms with E-state index in [1.54, 1.807) is 25.5 Å². The number of piperazine rings is 1. The smallest absolute Gasteiger partial charge is 0.293 e. The molecule has 1 aromatic carbocycles. The van der Waals surface area contributed by atoms with Crippen LogP contribution < -0.4 is 41.4 Å². The highest BCUT2D eigenvalue weighted by Gasteiger charge is 2.29. The van der Waals surface area contributed by atoms with Gasteiger partial charge in [0.25, 0.3) is 17.4 Å². The van der Waals surface area contributed by atoms with Crippen LogP contribution in [0.3, 0.4) is 0 Å². The number of fused-ring (bicyclic) bond motifs is 1. The zero-order chi connectivity index (χ0) is 39.3. The third-order valence-corrected chi connectivity index (χ3v) is 10.6. The topological polar surface area (TPSA) is 209 Å². The number of imide groups is 1. The fourth-order valence-corrected chi connectivity index (χ4v) is 7.23. The van der Waals surface area contributed by atoms with Crippen LogP contribution >= 0.6 is 11.6 Å². The molecule has 0 saturated carbocycles. The molecule has 4 amide bonds. The molecule has 0 spiro atoms. The number of carbonyl (C=O) groups is 4. The van der Waals surface area contributed by atoms with Crippen LogP contribution in [-0.2, 0) is 21.4 Å². The molecule has 56 heavy (non-hydrogen) atoms. The molecular weight excluding hydrogens is 744 g/mol. The Morgan fingerprint density at radius 1 is 0.946 bits per heavy atom. The number of amides is 4. The third kappa shape index (κ3) is 8.81. The van der Waals surface area contributed by atoms with E-state index in [1.807, 2.05) is 18.2 Å². The molecule has 7 rings (SSSR count). The molecule has 1 atom stereocenters. The summed E-state index contributed by atoms with van der Waals surface area (Å²) in [5.74, 6) is 0.661. The summed E-state index contributed by atoms with van der Waals surface area (Å²) in [6, 6.07) is 6.37. The number of hydrogen-bond donors (Lipinski definition) is 4. The van der Waals surface area contributed by atoms with Crippen LogP contribution in [-0.4, -0.2) is 119 Å². The number of rotatable bonds is 11. The largest absolute Gasteiger partial charge is 0.478 e. The van der Waals surface area contributed by atoms with Crippen molar-refractivity contribution in [3.05, 3.63) is 63.9 Å². The lowest BCUT2D eigenvalue weighted by Crippen LogP contribution is -2.52. The van der Waals surface area contributed by atoms with E-state index in [2.05, 4.69) is 50.9 Å². The van der Waals surface area contributed by atoms with Gasteiger partial charge in [-0.15, -0.1) is 0 Å². The Balaban J connectivity index is 0.888. The average molecular weight is 787 g/mol. The third-order valence-electron chi connectivity index (χ3n) is 10.3. The van der Waals surface area contributed by atoms with E-state index in [0.29, 0.717) is 39.7 Å². The van der Waals surface area contributed by atoms with E-state index in [-0.39, 0.29) is 48.3 Å². The first kappa shape index (κ1) is 38.4. The number of hydrogen-bond acceptors (Lipinski definition) is 14. The molecule has 3 aliphatic heterocycles. The van der Waals surface area contributed by atoms with Crippen LogP contribution in [0.1, 0.15) is 36.2 Å². The van der Waals surface area contributed by atoms with E-state index >= 15 is 0 Å². The molecule has 0 bridgehead atoms. The highest BCUT2D eigenvalue weighted by Crippen LogP contribution is 2.29. The minimum absolute atomic E-state index is 0.0732. The number of aryl methyl sites for hydroxylation is 1. The number of anilines is 4. The van der Waals surface area contributed by atoms with E-state index in [4.69, 9.17) is 21.3 Å². The van der Waals surface area contributed by atoms with Gasteiger partial charge in [-0.05, 0) is 49.4 Å². The Morgan fingerprint density at radius 2 is 1.73 bits per heavy atom. The summed E-state index contributed by atoms with van der Waals surface area (Å²) < 4.78 is 6.97. The van der Waals surface area contributed by atoms with E-state index < -0.39 is 17.9 Å². The second-order valence-electron chi connectivity index (χ2n) is 14.1. The van der Waals surface area contributed by atoms with Gasteiger partial charge >= 0.3 is 0 Å². The predicted molar refractivity (Wildman–Crippen MR) is 208 cm³/mol. The number of halogens is 1. The first-order valence-electron chi connectivity index (χ1n) is 18.5. The molecule has 294 valence electrons. The molecule has 3 fully saturated rings. The number of carbonyl (C=O) groups excluding carboxylic acids is 4. The Morgan fingerprint density at radius 3 is 2.45 bits per heavy atom. The van der Waals surface area contributed by atoms with Gasteiger partial charge in [0, 0.05) is 77.4 Å². The molecule has 3 saturated heterocycles. The van der Waals surface area contributed by atoms with Gasteiger partial charge in [-0.3, -0.25) is 34.2 Å². The quantitative estimate of drug-likeness (QED) is 0.158. The lowest BCUT2D eigenvalue weighted by molar-refractivity contribution is -0.134. The first-order valence-corrected chi connectivity index (χ1v) is 18.9. The zero-order valence-corrected chi connectivity index (χ0v) is 31.8. The molecule has 18 nitrogen and oxygen atoms in total. The number of nitrogens with one attached hydrogen (secondary N) is 4. The molecule has 6 heterocycles. The van der Waals surface area contributed by atoms with Gasteiger partial charge in [0.2, 0.25) is 17.8 Å². The maximum absolute atomic E-state index is 12.8. The summed E-state index contributed by atoms with van der Waals surface area (Å²) in [6.07, 6.45) is 7.05. The summed E-state index contributed by atoms with van der Waals surface area (Å²) >= 11 is 6.54. The minimum Gasteiger partial charge on any atom is -0.478 e. The fourth-order valence-electron chi connectivity index (χ4n) is 7.09. The second kappa shape index (κ2) is 16.9. The van der Waals surface area contributed by atoms with Crippen LogP contribution in [0.4, 0.5) is 23.3 Å². The van der Waals surface area contributed by atoms with Crippen LogP contribution in [0.5, 0.6) is 5.75 Å². The van der Waals surface area contributed by atoms with Gasteiger partial charge in [-0.1, -0.05) is 11.6 Å². The van der Waals surface area contributed by atoms with Gasteiger partial charge in [0.1, 0.15) is 22.6 Å². The number of aromatic nitrogens is 5. The number of likely N-dealkylation sites (N-methyl/N-ethyl adjacent to an activating group) is 1. The van der Waals surface area contributed by atoms with Crippen molar-refractivity contribution in [1.29, 1.82) is 0 Å². The van der Waals surface area contributed by atoms with Crippen molar-refractivity contribution in [2.45, 2.75) is 31.7 Å². The molecule has 19 heteroatoms. The van der Waals surface area contributed by atoms with Crippen molar-refractivity contribution >= 4 is 69.4 Å². The lowest BCUT2D eigenvalue weighted by Gasteiger charge is -2.39. The highest BCUT2D eigenvalue weighted by atomic mass is 35.5. The maximum atomic E-state index is 12.8. The van der Waals surface area contributed by atoms with Crippen molar-refractivity contribution in [1.82, 2.24) is 45.4 Å². The summed E-state index contributed by atoms with van der Waals surface area (Å²) in [5.41, 5.74) is 1.18. The van der Waals surface area contributed by atoms with Crippen LogP contribution in [0, 0.1) is 5.92 Å². The van der Waals surface area contributed by atoms with Crippen molar-refractivity contribution in [3.8, 4) is 5.75 Å². The predicted octanol–water partition coefficient (Wildman–Crippen LogP) is 1.21. The number of nitrogens with zero attached hydrogens (tertiary/aromatic N) is 8. The van der Waals surface area contributed by atoms with Crippen molar-refractivity contribution in [2.75, 3.05) is 74.6 Å². The van der Waals surface area contributed by atoms with Gasteiger partial charge < -0.3 is 35.1 Å². The monoisotopic (exact) mass is 786 g/mol. The summed E-state index contributed by atoms with van der Waals surface area (Å²) in [6.45, 7) is 5.66. The highest BCUT2D eigenvalue weighted by molar-refractivity contribution is 6.33. The molecule has 4 aromatic rings. The van der Waals surface area contributed by atoms with Crippen molar-refractivity contribution in [2.24, 2.45) is 13.0 Å². The van der Waals surface area contributed by atoms with Crippen LogP contribution in [0.25, 0.3) is 10.9 Å². The van der Waals surface area contributed by atoms with Gasteiger partial charge in [0.05, 0.1) is 24.1 Å².